The van der Waals surface area contributed by atoms with Crippen LogP contribution in [0.5, 0.6) is 0 Å². The molecule has 16 heavy (non-hydrogen) atoms. The Balaban J connectivity index is 1.98. The first-order valence-corrected chi connectivity index (χ1v) is 5.86. The van der Waals surface area contributed by atoms with E-state index in [1.54, 1.807) is 0 Å². The summed E-state index contributed by atoms with van der Waals surface area (Å²) in [4.78, 5) is 0. The van der Waals surface area contributed by atoms with Crippen LogP contribution in [0.3, 0.4) is 0 Å². The van der Waals surface area contributed by atoms with Crippen molar-refractivity contribution >= 4 is 0 Å². The molecule has 2 heterocycles. The lowest BCUT2D eigenvalue weighted by Crippen LogP contribution is -2.26. The molecule has 2 aliphatic rings. The molecule has 1 N–H and O–H groups in total. The first-order chi connectivity index (χ1) is 7.93. The van der Waals surface area contributed by atoms with E-state index in [0.29, 0.717) is 12.1 Å². The average molecular weight is 207 g/mol. The Kier molecular flexibility index (Phi) is 1.58. The van der Waals surface area contributed by atoms with Gasteiger partial charge >= 0.3 is 0 Å². The number of nitrogens with one attached hydrogen (secondary N) is 1. The van der Waals surface area contributed by atoms with E-state index >= 15 is 0 Å². The molecule has 0 radical (unpaired) electrons. The first kappa shape index (κ1) is 8.54. The van der Waals surface area contributed by atoms with Crippen molar-refractivity contribution in [3.8, 4) is 0 Å². The quantitative estimate of drug-likeness (QED) is 0.700. The Labute approximate surface area is 95.1 Å². The molecular weight excluding hydrogens is 194 g/mol. The summed E-state index contributed by atoms with van der Waals surface area (Å²) in [6.07, 6.45) is 1.13. The van der Waals surface area contributed by atoms with E-state index in [0.717, 1.165) is 6.42 Å². The van der Waals surface area contributed by atoms with Crippen LogP contribution in [0.2, 0.25) is 0 Å². The van der Waals surface area contributed by atoms with E-state index < -0.39 is 0 Å². The summed E-state index contributed by atoms with van der Waals surface area (Å²) in [5.74, 6) is 0. The molecule has 2 bridgehead atoms. The van der Waals surface area contributed by atoms with Crippen molar-refractivity contribution in [2.45, 2.75) is 18.5 Å². The maximum Gasteiger partial charge on any atom is 0.0587 e. The van der Waals surface area contributed by atoms with E-state index in [4.69, 9.17) is 0 Å². The molecule has 2 atom stereocenters. The summed E-state index contributed by atoms with van der Waals surface area (Å²) in [7, 11) is 0. The third-order valence-corrected chi connectivity index (χ3v) is 3.84. The summed E-state index contributed by atoms with van der Waals surface area (Å²) < 4.78 is 0. The number of fused-ring (bicyclic) bond motifs is 7. The highest BCUT2D eigenvalue weighted by Gasteiger charge is 2.36. The van der Waals surface area contributed by atoms with Gasteiger partial charge in [-0.05, 0) is 28.7 Å². The molecule has 2 aliphatic heterocycles. The second-order valence-electron chi connectivity index (χ2n) is 4.68. The lowest BCUT2D eigenvalue weighted by molar-refractivity contribution is 0.502. The van der Waals surface area contributed by atoms with Crippen molar-refractivity contribution in [2.75, 3.05) is 0 Å². The van der Waals surface area contributed by atoms with Crippen LogP contribution in [-0.2, 0) is 6.42 Å². The second kappa shape index (κ2) is 2.96. The fraction of sp³-hybridized carbons (Fsp3) is 0.200. The summed E-state index contributed by atoms with van der Waals surface area (Å²) in [5, 5.41) is 3.71. The van der Waals surface area contributed by atoms with Gasteiger partial charge in [0.25, 0.3) is 0 Å². The van der Waals surface area contributed by atoms with Crippen LogP contribution >= 0.6 is 0 Å². The standard InChI is InChI=1S/C15H13N/c1-2-6-11-10(5-1)9-14-12-7-3-4-8-13(12)15(11)16-14/h1-8,14-16H,9H2. The van der Waals surface area contributed by atoms with Gasteiger partial charge in [-0.1, -0.05) is 48.5 Å². The predicted octanol–water partition coefficient (Wildman–Crippen LogP) is 2.98. The summed E-state index contributed by atoms with van der Waals surface area (Å²) in [6.45, 7) is 0. The molecule has 1 heteroatoms. The maximum atomic E-state index is 3.71. The normalized spacial score (nSPS) is 25.0. The van der Waals surface area contributed by atoms with Crippen molar-refractivity contribution in [1.29, 1.82) is 0 Å². The molecule has 0 fully saturated rings. The number of hydrogen-bond donors (Lipinski definition) is 1. The molecule has 0 saturated carbocycles. The van der Waals surface area contributed by atoms with E-state index in [1.807, 2.05) is 0 Å². The van der Waals surface area contributed by atoms with E-state index in [9.17, 15) is 0 Å². The highest BCUT2D eigenvalue weighted by atomic mass is 15.0. The van der Waals surface area contributed by atoms with Gasteiger partial charge in [-0.25, -0.2) is 0 Å². The maximum absolute atomic E-state index is 3.71. The molecule has 1 nitrogen and oxygen atoms in total. The zero-order valence-electron chi connectivity index (χ0n) is 8.98. The number of rotatable bonds is 0. The van der Waals surface area contributed by atoms with Crippen LogP contribution < -0.4 is 5.32 Å². The Morgan fingerprint density at radius 2 is 1.50 bits per heavy atom. The minimum Gasteiger partial charge on any atom is -0.299 e. The van der Waals surface area contributed by atoms with Gasteiger partial charge in [0.2, 0.25) is 0 Å². The first-order valence-electron chi connectivity index (χ1n) is 5.86. The lowest BCUT2D eigenvalue weighted by atomic mass is 9.94. The fourth-order valence-electron chi connectivity index (χ4n) is 3.12. The van der Waals surface area contributed by atoms with Gasteiger partial charge in [0.1, 0.15) is 0 Å². The molecule has 2 unspecified atom stereocenters. The van der Waals surface area contributed by atoms with E-state index in [1.165, 1.54) is 22.3 Å². The van der Waals surface area contributed by atoms with Gasteiger partial charge in [0.05, 0.1) is 6.04 Å². The smallest absolute Gasteiger partial charge is 0.0587 e. The molecule has 4 rings (SSSR count). The Morgan fingerprint density at radius 3 is 2.38 bits per heavy atom. The molecule has 2 aromatic rings. The predicted molar refractivity (Wildman–Crippen MR) is 64.3 cm³/mol. The van der Waals surface area contributed by atoms with Crippen molar-refractivity contribution < 1.29 is 0 Å². The van der Waals surface area contributed by atoms with E-state index in [-0.39, 0.29) is 0 Å². The van der Waals surface area contributed by atoms with Crippen LogP contribution in [-0.4, -0.2) is 0 Å². The van der Waals surface area contributed by atoms with Crippen molar-refractivity contribution in [2.24, 2.45) is 0 Å². The average Bonchev–Trinajstić information content (AvgIpc) is 2.65. The van der Waals surface area contributed by atoms with Crippen LogP contribution in [0.4, 0.5) is 0 Å². The summed E-state index contributed by atoms with van der Waals surface area (Å²) in [6, 6.07) is 18.6. The third kappa shape index (κ3) is 0.987. The molecule has 0 spiro atoms. The summed E-state index contributed by atoms with van der Waals surface area (Å²) >= 11 is 0. The molecule has 0 aliphatic carbocycles. The highest BCUT2D eigenvalue weighted by molar-refractivity contribution is 5.50. The van der Waals surface area contributed by atoms with Gasteiger partial charge in [0.15, 0.2) is 0 Å². The Morgan fingerprint density at radius 1 is 0.812 bits per heavy atom. The SMILES string of the molecule is c1ccc2c(c1)CC1NC2c2ccccc21. The Bertz CT molecular complexity index is 548. The molecule has 78 valence electrons. The van der Waals surface area contributed by atoms with Crippen molar-refractivity contribution in [3.63, 3.8) is 0 Å². The van der Waals surface area contributed by atoms with Crippen LogP contribution in [0, 0.1) is 0 Å². The topological polar surface area (TPSA) is 12.0 Å². The lowest BCUT2D eigenvalue weighted by Gasteiger charge is -2.24. The minimum absolute atomic E-state index is 0.422. The summed E-state index contributed by atoms with van der Waals surface area (Å²) in [5.41, 5.74) is 5.93. The van der Waals surface area contributed by atoms with Gasteiger partial charge in [-0.2, -0.15) is 0 Å². The monoisotopic (exact) mass is 207 g/mol. The zero-order chi connectivity index (χ0) is 10.5. The van der Waals surface area contributed by atoms with Crippen molar-refractivity contribution in [1.82, 2.24) is 5.32 Å². The molecule has 0 amide bonds. The van der Waals surface area contributed by atoms with E-state index in [2.05, 4.69) is 53.8 Å². The van der Waals surface area contributed by atoms with Gasteiger partial charge in [0, 0.05) is 6.04 Å². The van der Waals surface area contributed by atoms with Gasteiger partial charge < -0.3 is 0 Å². The number of benzene rings is 2. The van der Waals surface area contributed by atoms with Gasteiger partial charge in [-0.3, -0.25) is 5.32 Å². The highest BCUT2D eigenvalue weighted by Crippen LogP contribution is 2.43. The molecule has 0 saturated heterocycles. The third-order valence-electron chi connectivity index (χ3n) is 3.84. The minimum atomic E-state index is 0.422. The molecule has 0 aromatic heterocycles. The zero-order valence-corrected chi connectivity index (χ0v) is 8.98. The van der Waals surface area contributed by atoms with Gasteiger partial charge in [-0.15, -0.1) is 0 Å². The largest absolute Gasteiger partial charge is 0.299 e. The molecular formula is C15H13N. The van der Waals surface area contributed by atoms with Crippen LogP contribution in [0.1, 0.15) is 34.3 Å². The number of hydrogen-bond acceptors (Lipinski definition) is 1. The van der Waals surface area contributed by atoms with Crippen molar-refractivity contribution in [3.05, 3.63) is 70.8 Å². The molecule has 2 aromatic carbocycles. The van der Waals surface area contributed by atoms with Crippen LogP contribution in [0.15, 0.2) is 48.5 Å². The van der Waals surface area contributed by atoms with Crippen LogP contribution in [0.25, 0.3) is 0 Å². The Hall–Kier alpha value is -1.60. The second-order valence-corrected chi connectivity index (χ2v) is 4.68. The fourth-order valence-corrected chi connectivity index (χ4v) is 3.12.